The molecular weight excluding hydrogens is 266 g/mol. The van der Waals surface area contributed by atoms with Crippen LogP contribution < -0.4 is 0 Å². The summed E-state index contributed by atoms with van der Waals surface area (Å²) in [6.45, 7) is 3.95. The van der Waals surface area contributed by atoms with Crippen molar-refractivity contribution in [3.8, 4) is 0 Å². The van der Waals surface area contributed by atoms with Gasteiger partial charge in [0.25, 0.3) is 0 Å². The molecule has 0 aliphatic carbocycles. The maximum atomic E-state index is 14.0. The number of halogens is 2. The molecule has 1 aromatic carbocycles. The van der Waals surface area contributed by atoms with Gasteiger partial charge in [0.1, 0.15) is 17.2 Å². The number of piperazine rings is 1. The molecule has 20 heavy (non-hydrogen) atoms. The summed E-state index contributed by atoms with van der Waals surface area (Å²) < 4.78 is 27.0. The van der Waals surface area contributed by atoms with Gasteiger partial charge < -0.3 is 10.0 Å². The summed E-state index contributed by atoms with van der Waals surface area (Å²) in [7, 11) is 1.95. The van der Waals surface area contributed by atoms with E-state index in [1.165, 1.54) is 13.0 Å². The van der Waals surface area contributed by atoms with Crippen molar-refractivity contribution in [1.29, 1.82) is 0 Å². The van der Waals surface area contributed by atoms with E-state index in [4.69, 9.17) is 0 Å². The first-order valence-corrected chi connectivity index (χ1v) is 6.48. The van der Waals surface area contributed by atoms with Crippen LogP contribution in [0.2, 0.25) is 0 Å². The van der Waals surface area contributed by atoms with Gasteiger partial charge in [0.05, 0.1) is 0 Å². The molecule has 1 atom stereocenters. The molecule has 1 aliphatic heterocycles. The molecule has 4 nitrogen and oxygen atoms in total. The molecule has 6 heteroatoms. The lowest BCUT2D eigenvalue weighted by Gasteiger charge is -2.42. The van der Waals surface area contributed by atoms with E-state index in [9.17, 15) is 18.7 Å². The minimum absolute atomic E-state index is 0.00375. The minimum Gasteiger partial charge on any atom is -0.480 e. The third kappa shape index (κ3) is 2.53. The van der Waals surface area contributed by atoms with E-state index in [-0.39, 0.29) is 5.56 Å². The Morgan fingerprint density at radius 1 is 1.25 bits per heavy atom. The highest BCUT2D eigenvalue weighted by molar-refractivity contribution is 5.80. The van der Waals surface area contributed by atoms with E-state index >= 15 is 0 Å². The zero-order chi connectivity index (χ0) is 14.9. The van der Waals surface area contributed by atoms with Crippen molar-refractivity contribution >= 4 is 5.97 Å². The summed E-state index contributed by atoms with van der Waals surface area (Å²) in [6, 6.07) is 3.04. The van der Waals surface area contributed by atoms with Crippen LogP contribution in [0.1, 0.15) is 12.5 Å². The topological polar surface area (TPSA) is 43.8 Å². The van der Waals surface area contributed by atoms with Gasteiger partial charge in [-0.2, -0.15) is 0 Å². The lowest BCUT2D eigenvalue weighted by atomic mass is 9.88. The molecule has 1 saturated heterocycles. The first kappa shape index (κ1) is 14.9. The van der Waals surface area contributed by atoms with Crippen molar-refractivity contribution in [3.05, 3.63) is 35.4 Å². The van der Waals surface area contributed by atoms with Crippen LogP contribution in [0, 0.1) is 11.6 Å². The van der Waals surface area contributed by atoms with Crippen molar-refractivity contribution < 1.29 is 18.7 Å². The summed E-state index contributed by atoms with van der Waals surface area (Å²) in [4.78, 5) is 15.5. The van der Waals surface area contributed by atoms with Crippen molar-refractivity contribution in [1.82, 2.24) is 9.80 Å². The van der Waals surface area contributed by atoms with E-state index in [2.05, 4.69) is 4.90 Å². The van der Waals surface area contributed by atoms with E-state index in [1.807, 2.05) is 7.05 Å². The standard InChI is InChI=1S/C14H18F2N2O2/c1-14(13(19)20,18-7-5-17(2)6-8-18)11-4-3-10(15)9-12(11)16/h3-4,9H,5-8H2,1-2H3,(H,19,20). The lowest BCUT2D eigenvalue weighted by molar-refractivity contribution is -0.152. The molecule has 2 rings (SSSR count). The van der Waals surface area contributed by atoms with Crippen LogP contribution in [0.4, 0.5) is 8.78 Å². The van der Waals surface area contributed by atoms with Gasteiger partial charge in [-0.25, -0.2) is 13.6 Å². The van der Waals surface area contributed by atoms with Crippen LogP contribution in [-0.2, 0) is 10.3 Å². The molecule has 1 heterocycles. The Morgan fingerprint density at radius 3 is 2.35 bits per heavy atom. The second kappa shape index (κ2) is 5.46. The molecule has 0 spiro atoms. The maximum Gasteiger partial charge on any atom is 0.328 e. The number of carbonyl (C=O) groups is 1. The number of hydrogen-bond donors (Lipinski definition) is 1. The van der Waals surface area contributed by atoms with E-state index in [0.717, 1.165) is 12.1 Å². The Hall–Kier alpha value is -1.53. The van der Waals surface area contributed by atoms with Gasteiger partial charge in [-0.05, 0) is 20.0 Å². The molecule has 1 N–H and O–H groups in total. The quantitative estimate of drug-likeness (QED) is 0.914. The Bertz CT molecular complexity index is 516. The maximum absolute atomic E-state index is 14.0. The largest absolute Gasteiger partial charge is 0.480 e. The third-order valence-corrected chi connectivity index (χ3v) is 4.01. The molecule has 0 bridgehead atoms. The second-order valence-corrected chi connectivity index (χ2v) is 5.29. The number of rotatable bonds is 3. The molecule has 1 fully saturated rings. The van der Waals surface area contributed by atoms with Crippen molar-refractivity contribution in [2.75, 3.05) is 33.2 Å². The highest BCUT2D eigenvalue weighted by Gasteiger charge is 2.44. The summed E-state index contributed by atoms with van der Waals surface area (Å²) >= 11 is 0. The average Bonchev–Trinajstić information content (AvgIpc) is 2.38. The van der Waals surface area contributed by atoms with Gasteiger partial charge in [-0.3, -0.25) is 4.90 Å². The van der Waals surface area contributed by atoms with E-state index in [0.29, 0.717) is 26.2 Å². The number of hydrogen-bond acceptors (Lipinski definition) is 3. The van der Waals surface area contributed by atoms with Crippen molar-refractivity contribution in [2.45, 2.75) is 12.5 Å². The summed E-state index contributed by atoms with van der Waals surface area (Å²) in [5, 5.41) is 9.58. The zero-order valence-corrected chi connectivity index (χ0v) is 11.6. The van der Waals surface area contributed by atoms with Gasteiger partial charge >= 0.3 is 5.97 Å². The lowest BCUT2D eigenvalue weighted by Crippen LogP contribution is -2.57. The fourth-order valence-corrected chi connectivity index (χ4v) is 2.56. The van der Waals surface area contributed by atoms with Crippen LogP contribution in [0.15, 0.2) is 18.2 Å². The molecule has 110 valence electrons. The number of aliphatic carboxylic acids is 1. The molecule has 1 aliphatic rings. The summed E-state index contributed by atoms with van der Waals surface area (Å²) in [5.41, 5.74) is -1.49. The van der Waals surface area contributed by atoms with E-state index < -0.39 is 23.1 Å². The number of benzene rings is 1. The molecule has 0 radical (unpaired) electrons. The van der Waals surface area contributed by atoms with Crippen LogP contribution in [0.5, 0.6) is 0 Å². The molecule has 0 aromatic heterocycles. The predicted octanol–water partition coefficient (Wildman–Crippen LogP) is 1.51. The normalized spacial score (nSPS) is 20.6. The third-order valence-electron chi connectivity index (χ3n) is 4.01. The highest BCUT2D eigenvalue weighted by Crippen LogP contribution is 2.32. The summed E-state index contributed by atoms with van der Waals surface area (Å²) in [5.74, 6) is -2.67. The Kier molecular flexibility index (Phi) is 4.06. The van der Waals surface area contributed by atoms with E-state index in [1.54, 1.807) is 4.90 Å². The second-order valence-electron chi connectivity index (χ2n) is 5.29. The summed E-state index contributed by atoms with van der Waals surface area (Å²) in [6.07, 6.45) is 0. The number of nitrogens with zero attached hydrogens (tertiary/aromatic N) is 2. The number of carboxylic acids is 1. The highest BCUT2D eigenvalue weighted by atomic mass is 19.1. The number of carboxylic acid groups (broad SMARTS) is 1. The molecule has 0 amide bonds. The van der Waals surface area contributed by atoms with Gasteiger partial charge in [0.15, 0.2) is 0 Å². The van der Waals surface area contributed by atoms with Crippen molar-refractivity contribution in [3.63, 3.8) is 0 Å². The molecule has 0 saturated carbocycles. The predicted molar refractivity (Wildman–Crippen MR) is 70.4 cm³/mol. The van der Waals surface area contributed by atoms with Crippen LogP contribution in [-0.4, -0.2) is 54.1 Å². The first-order valence-electron chi connectivity index (χ1n) is 6.48. The van der Waals surface area contributed by atoms with Crippen molar-refractivity contribution in [2.24, 2.45) is 0 Å². The molecule has 1 unspecified atom stereocenters. The minimum atomic E-state index is -1.49. The molecular formula is C14H18F2N2O2. The van der Waals surface area contributed by atoms with Gasteiger partial charge in [0.2, 0.25) is 0 Å². The fourth-order valence-electron chi connectivity index (χ4n) is 2.56. The monoisotopic (exact) mass is 284 g/mol. The Labute approximate surface area is 116 Å². The van der Waals surface area contributed by atoms with Gasteiger partial charge in [-0.15, -0.1) is 0 Å². The first-order chi connectivity index (χ1) is 9.35. The van der Waals surface area contributed by atoms with Crippen LogP contribution in [0.25, 0.3) is 0 Å². The van der Waals surface area contributed by atoms with Gasteiger partial charge in [-0.1, -0.05) is 6.07 Å². The molecule has 1 aromatic rings. The zero-order valence-electron chi connectivity index (χ0n) is 11.6. The Morgan fingerprint density at radius 2 is 1.85 bits per heavy atom. The number of likely N-dealkylation sites (N-methyl/N-ethyl adjacent to an activating group) is 1. The fraction of sp³-hybridized carbons (Fsp3) is 0.500. The van der Waals surface area contributed by atoms with Gasteiger partial charge in [0, 0.05) is 37.8 Å². The SMILES string of the molecule is CN1CCN(C(C)(C(=O)O)c2ccc(F)cc2F)CC1. The average molecular weight is 284 g/mol. The smallest absolute Gasteiger partial charge is 0.328 e. The Balaban J connectivity index is 2.41. The van der Waals surface area contributed by atoms with Crippen LogP contribution in [0.3, 0.4) is 0 Å². The van der Waals surface area contributed by atoms with Crippen LogP contribution >= 0.6 is 0 Å².